The van der Waals surface area contributed by atoms with Crippen molar-refractivity contribution in [2.45, 2.75) is 19.4 Å². The summed E-state index contributed by atoms with van der Waals surface area (Å²) >= 11 is 0. The maximum absolute atomic E-state index is 10.8. The minimum absolute atomic E-state index is 0.133. The second kappa shape index (κ2) is 6.88. The van der Waals surface area contributed by atoms with E-state index >= 15 is 0 Å². The highest BCUT2D eigenvalue weighted by Crippen LogP contribution is 2.32. The number of rotatable bonds is 5. The number of methoxy groups -OCH3 is 1. The van der Waals surface area contributed by atoms with Gasteiger partial charge in [-0.15, -0.1) is 0 Å². The molecule has 0 saturated heterocycles. The van der Waals surface area contributed by atoms with E-state index in [4.69, 9.17) is 4.74 Å². The van der Waals surface area contributed by atoms with Crippen LogP contribution in [0.2, 0.25) is 0 Å². The maximum Gasteiger partial charge on any atom is 0.269 e. The van der Waals surface area contributed by atoms with Crippen molar-refractivity contribution in [2.24, 2.45) is 0 Å². The van der Waals surface area contributed by atoms with Crippen molar-refractivity contribution >= 4 is 5.69 Å². The Morgan fingerprint density at radius 3 is 2.88 bits per heavy atom. The Balaban J connectivity index is 1.65. The fraction of sp³-hybridized carbons (Fsp3) is 0.333. The molecule has 1 heterocycles. The van der Waals surface area contributed by atoms with Crippen molar-refractivity contribution < 1.29 is 14.8 Å². The Hall–Kier alpha value is -2.60. The summed E-state index contributed by atoms with van der Waals surface area (Å²) in [7, 11) is 1.55. The van der Waals surface area contributed by atoms with E-state index in [-0.39, 0.29) is 16.4 Å². The van der Waals surface area contributed by atoms with Crippen LogP contribution < -0.4 is 4.74 Å². The number of ether oxygens (including phenoxy) is 1. The Bertz CT molecular complexity index is 761. The van der Waals surface area contributed by atoms with Crippen molar-refractivity contribution in [1.29, 1.82) is 0 Å². The van der Waals surface area contributed by atoms with Crippen LogP contribution in [-0.4, -0.2) is 35.1 Å². The molecular weight excluding hydrogens is 308 g/mol. The summed E-state index contributed by atoms with van der Waals surface area (Å²) in [6.45, 7) is 2.52. The molecule has 0 bridgehead atoms. The van der Waals surface area contributed by atoms with Gasteiger partial charge in [0.2, 0.25) is 0 Å². The first-order chi connectivity index (χ1) is 11.6. The second-order valence-corrected chi connectivity index (χ2v) is 6.00. The Morgan fingerprint density at radius 2 is 2.12 bits per heavy atom. The molecule has 3 rings (SSSR count). The molecule has 6 heteroatoms. The quantitative estimate of drug-likeness (QED) is 0.674. The third kappa shape index (κ3) is 3.49. The number of aromatic hydroxyl groups is 1. The number of nitro benzene ring substituents is 1. The molecule has 0 atom stereocenters. The molecule has 0 aromatic heterocycles. The van der Waals surface area contributed by atoms with Gasteiger partial charge in [0.15, 0.2) is 11.5 Å². The van der Waals surface area contributed by atoms with E-state index in [1.165, 1.54) is 11.6 Å². The van der Waals surface area contributed by atoms with Gasteiger partial charge in [0.1, 0.15) is 0 Å². The topological polar surface area (TPSA) is 75.8 Å². The molecule has 0 saturated carbocycles. The molecule has 0 unspecified atom stereocenters. The normalized spacial score (nSPS) is 14.2. The standard InChI is InChI=1S/C18H20N2O4/c1-24-18-11-14-6-8-19(12-15(14)10-17(18)21)7-5-13-3-2-4-16(9-13)20(22)23/h2-4,9-11,21H,5-8,12H2,1H3. The summed E-state index contributed by atoms with van der Waals surface area (Å²) in [5, 5.41) is 20.8. The summed E-state index contributed by atoms with van der Waals surface area (Å²) < 4.78 is 5.16. The van der Waals surface area contributed by atoms with Crippen LogP contribution in [0.5, 0.6) is 11.5 Å². The van der Waals surface area contributed by atoms with E-state index in [1.54, 1.807) is 25.3 Å². The lowest BCUT2D eigenvalue weighted by atomic mass is 9.98. The molecular formula is C18H20N2O4. The third-order valence-electron chi connectivity index (χ3n) is 4.43. The van der Waals surface area contributed by atoms with Gasteiger partial charge in [-0.2, -0.15) is 0 Å². The molecule has 1 N–H and O–H groups in total. The molecule has 1 aliphatic rings. The molecule has 1 aliphatic heterocycles. The van der Waals surface area contributed by atoms with Crippen molar-refractivity contribution in [3.63, 3.8) is 0 Å². The minimum Gasteiger partial charge on any atom is -0.504 e. The largest absolute Gasteiger partial charge is 0.504 e. The first-order valence-corrected chi connectivity index (χ1v) is 7.91. The molecule has 0 aliphatic carbocycles. The van der Waals surface area contributed by atoms with E-state index in [0.717, 1.165) is 43.6 Å². The molecule has 126 valence electrons. The molecule has 24 heavy (non-hydrogen) atoms. The molecule has 0 amide bonds. The molecule has 0 radical (unpaired) electrons. The number of nitrogens with zero attached hydrogens (tertiary/aromatic N) is 2. The van der Waals surface area contributed by atoms with E-state index in [9.17, 15) is 15.2 Å². The van der Waals surface area contributed by atoms with Gasteiger partial charge in [0.25, 0.3) is 5.69 Å². The number of phenolic OH excluding ortho intramolecular Hbond substituents is 1. The van der Waals surface area contributed by atoms with E-state index in [0.29, 0.717) is 5.75 Å². The van der Waals surface area contributed by atoms with Gasteiger partial charge in [-0.1, -0.05) is 12.1 Å². The number of hydrogen-bond donors (Lipinski definition) is 1. The van der Waals surface area contributed by atoms with Gasteiger partial charge in [-0.25, -0.2) is 0 Å². The van der Waals surface area contributed by atoms with Gasteiger partial charge in [0, 0.05) is 31.8 Å². The molecule has 6 nitrogen and oxygen atoms in total. The van der Waals surface area contributed by atoms with Gasteiger partial charge in [-0.3, -0.25) is 15.0 Å². The van der Waals surface area contributed by atoms with Crippen LogP contribution in [0.15, 0.2) is 36.4 Å². The van der Waals surface area contributed by atoms with Crippen LogP contribution in [0.25, 0.3) is 0 Å². The van der Waals surface area contributed by atoms with Crippen molar-refractivity contribution in [3.05, 3.63) is 63.2 Å². The summed E-state index contributed by atoms with van der Waals surface area (Å²) in [5.74, 6) is 0.676. The van der Waals surface area contributed by atoms with Gasteiger partial charge >= 0.3 is 0 Å². The number of non-ortho nitro benzene ring substituents is 1. The third-order valence-corrected chi connectivity index (χ3v) is 4.43. The molecule has 0 fully saturated rings. The predicted molar refractivity (Wildman–Crippen MR) is 90.4 cm³/mol. The Labute approximate surface area is 140 Å². The Morgan fingerprint density at radius 1 is 1.29 bits per heavy atom. The lowest BCUT2D eigenvalue weighted by Crippen LogP contribution is -2.32. The van der Waals surface area contributed by atoms with E-state index in [1.807, 2.05) is 12.1 Å². The highest BCUT2D eigenvalue weighted by Gasteiger charge is 2.19. The van der Waals surface area contributed by atoms with Crippen LogP contribution in [0.4, 0.5) is 5.69 Å². The zero-order valence-corrected chi connectivity index (χ0v) is 13.6. The van der Waals surface area contributed by atoms with E-state index in [2.05, 4.69) is 4.90 Å². The zero-order chi connectivity index (χ0) is 17.1. The van der Waals surface area contributed by atoms with Crippen LogP contribution >= 0.6 is 0 Å². The average Bonchev–Trinajstić information content (AvgIpc) is 2.59. The summed E-state index contributed by atoms with van der Waals surface area (Å²) in [6.07, 6.45) is 1.67. The SMILES string of the molecule is COc1cc2c(cc1O)CN(CCc1cccc([N+](=O)[O-])c1)CC2. The summed E-state index contributed by atoms with van der Waals surface area (Å²) in [5.41, 5.74) is 3.41. The number of phenols is 1. The highest BCUT2D eigenvalue weighted by molar-refractivity contribution is 5.47. The first-order valence-electron chi connectivity index (χ1n) is 7.91. The highest BCUT2D eigenvalue weighted by atomic mass is 16.6. The average molecular weight is 328 g/mol. The fourth-order valence-corrected chi connectivity index (χ4v) is 3.10. The number of nitro groups is 1. The molecule has 2 aromatic rings. The van der Waals surface area contributed by atoms with Crippen LogP contribution in [0, 0.1) is 10.1 Å². The maximum atomic E-state index is 10.8. The van der Waals surface area contributed by atoms with Crippen LogP contribution in [0.1, 0.15) is 16.7 Å². The van der Waals surface area contributed by atoms with Gasteiger partial charge in [-0.05, 0) is 41.7 Å². The summed E-state index contributed by atoms with van der Waals surface area (Å²) in [6, 6.07) is 10.5. The summed E-state index contributed by atoms with van der Waals surface area (Å²) in [4.78, 5) is 12.8. The zero-order valence-electron chi connectivity index (χ0n) is 13.6. The first kappa shape index (κ1) is 16.3. The lowest BCUT2D eigenvalue weighted by molar-refractivity contribution is -0.384. The fourth-order valence-electron chi connectivity index (χ4n) is 3.10. The second-order valence-electron chi connectivity index (χ2n) is 6.00. The van der Waals surface area contributed by atoms with Crippen LogP contribution in [0.3, 0.4) is 0 Å². The minimum atomic E-state index is -0.364. The number of benzene rings is 2. The van der Waals surface area contributed by atoms with Crippen molar-refractivity contribution in [1.82, 2.24) is 4.90 Å². The smallest absolute Gasteiger partial charge is 0.269 e. The molecule has 0 spiro atoms. The van der Waals surface area contributed by atoms with Gasteiger partial charge in [0.05, 0.1) is 12.0 Å². The predicted octanol–water partition coefficient (Wildman–Crippen LogP) is 2.91. The Kier molecular flexibility index (Phi) is 4.66. The van der Waals surface area contributed by atoms with Crippen molar-refractivity contribution in [2.75, 3.05) is 20.2 Å². The van der Waals surface area contributed by atoms with Crippen molar-refractivity contribution in [3.8, 4) is 11.5 Å². The number of fused-ring (bicyclic) bond motifs is 1. The van der Waals surface area contributed by atoms with E-state index < -0.39 is 0 Å². The monoisotopic (exact) mass is 328 g/mol. The number of hydrogen-bond acceptors (Lipinski definition) is 5. The lowest BCUT2D eigenvalue weighted by Gasteiger charge is -2.29. The molecule has 2 aromatic carbocycles. The van der Waals surface area contributed by atoms with Crippen LogP contribution in [-0.2, 0) is 19.4 Å². The van der Waals surface area contributed by atoms with Gasteiger partial charge < -0.3 is 9.84 Å².